The Morgan fingerprint density at radius 2 is 2.05 bits per heavy atom. The maximum atomic E-state index is 12.0. The number of nitrogens with zero attached hydrogens (tertiary/aromatic N) is 2. The molecule has 0 aliphatic heterocycles. The molecule has 6 heteroatoms. The van der Waals surface area contributed by atoms with Crippen LogP contribution >= 0.6 is 11.3 Å². The highest BCUT2D eigenvalue weighted by molar-refractivity contribution is 7.09. The third kappa shape index (κ3) is 5.69. The molecule has 0 saturated heterocycles. The number of nitrogens with one attached hydrogen (secondary N) is 1. The number of thiazole rings is 1. The van der Waals surface area contributed by atoms with Gasteiger partial charge in [0, 0.05) is 18.0 Å². The Morgan fingerprint density at radius 1 is 1.40 bits per heavy atom. The van der Waals surface area contributed by atoms with Gasteiger partial charge in [0.2, 0.25) is 11.8 Å². The fourth-order valence-corrected chi connectivity index (χ4v) is 2.39. The molecule has 0 fully saturated rings. The van der Waals surface area contributed by atoms with Crippen molar-refractivity contribution >= 4 is 23.2 Å². The fraction of sp³-hybridized carbons (Fsp3) is 0.643. The minimum absolute atomic E-state index is 0.0703. The third-order valence-corrected chi connectivity index (χ3v) is 3.60. The van der Waals surface area contributed by atoms with Gasteiger partial charge >= 0.3 is 0 Å². The summed E-state index contributed by atoms with van der Waals surface area (Å²) in [5, 5.41) is 5.77. The molecule has 0 aromatic carbocycles. The molecule has 1 heterocycles. The Morgan fingerprint density at radius 3 is 2.55 bits per heavy atom. The van der Waals surface area contributed by atoms with Crippen LogP contribution in [0.1, 0.15) is 38.4 Å². The molecule has 1 aromatic heterocycles. The van der Waals surface area contributed by atoms with Gasteiger partial charge < -0.3 is 10.2 Å². The number of carbonyl (C=O) groups is 2. The molecule has 0 radical (unpaired) electrons. The lowest BCUT2D eigenvalue weighted by Gasteiger charge is -2.23. The van der Waals surface area contributed by atoms with Gasteiger partial charge in [0.05, 0.1) is 23.7 Å². The Bertz CT molecular complexity index is 477. The van der Waals surface area contributed by atoms with Crippen molar-refractivity contribution in [3.05, 3.63) is 16.1 Å². The van der Waals surface area contributed by atoms with E-state index >= 15 is 0 Å². The van der Waals surface area contributed by atoms with Gasteiger partial charge in [-0.3, -0.25) is 9.59 Å². The molecule has 20 heavy (non-hydrogen) atoms. The zero-order valence-electron chi connectivity index (χ0n) is 12.8. The average Bonchev–Trinajstić information content (AvgIpc) is 2.73. The highest BCUT2D eigenvalue weighted by Crippen LogP contribution is 2.11. The summed E-state index contributed by atoms with van der Waals surface area (Å²) in [6, 6.07) is 0. The Hall–Kier alpha value is -1.43. The first-order valence-corrected chi connectivity index (χ1v) is 7.57. The number of likely N-dealkylation sites (N-methyl/N-ethyl adjacent to an activating group) is 1. The van der Waals surface area contributed by atoms with Crippen LogP contribution in [-0.4, -0.2) is 40.8 Å². The van der Waals surface area contributed by atoms with E-state index in [1.165, 1.54) is 4.90 Å². The predicted molar refractivity (Wildman–Crippen MR) is 80.7 cm³/mol. The molecule has 0 aliphatic rings. The maximum absolute atomic E-state index is 12.0. The Balaban J connectivity index is 2.48. The smallest absolute Gasteiger partial charge is 0.240 e. The summed E-state index contributed by atoms with van der Waals surface area (Å²) in [5.74, 6) is -0.247. The quantitative estimate of drug-likeness (QED) is 0.898. The summed E-state index contributed by atoms with van der Waals surface area (Å²) in [6.07, 6.45) is 1.12. The van der Waals surface area contributed by atoms with Crippen LogP contribution in [0.25, 0.3) is 0 Å². The van der Waals surface area contributed by atoms with Crippen LogP contribution in [0.15, 0.2) is 5.38 Å². The van der Waals surface area contributed by atoms with E-state index in [1.54, 1.807) is 18.4 Å². The number of aromatic nitrogens is 1. The fourth-order valence-electron chi connectivity index (χ4n) is 1.64. The molecule has 0 saturated carbocycles. The number of amides is 2. The summed E-state index contributed by atoms with van der Waals surface area (Å²) in [5.41, 5.74) is 0.492. The second kappa shape index (κ2) is 6.83. The first-order valence-electron chi connectivity index (χ1n) is 6.69. The largest absolute Gasteiger partial charge is 0.350 e. The van der Waals surface area contributed by atoms with Gasteiger partial charge in [-0.15, -0.1) is 11.3 Å². The molecule has 1 rings (SSSR count). The lowest BCUT2D eigenvalue weighted by Crippen LogP contribution is -2.46. The Labute approximate surface area is 124 Å². The molecule has 0 aliphatic carbocycles. The summed E-state index contributed by atoms with van der Waals surface area (Å²) in [4.78, 5) is 29.6. The van der Waals surface area contributed by atoms with Crippen molar-refractivity contribution in [1.82, 2.24) is 15.2 Å². The van der Waals surface area contributed by atoms with Gasteiger partial charge in [-0.1, -0.05) is 6.92 Å². The van der Waals surface area contributed by atoms with E-state index in [0.29, 0.717) is 0 Å². The van der Waals surface area contributed by atoms with Crippen molar-refractivity contribution in [1.29, 1.82) is 0 Å². The van der Waals surface area contributed by atoms with Crippen LogP contribution in [-0.2, 0) is 22.4 Å². The zero-order valence-corrected chi connectivity index (χ0v) is 13.6. The molecule has 5 nitrogen and oxygen atoms in total. The van der Waals surface area contributed by atoms with E-state index in [2.05, 4.69) is 10.3 Å². The zero-order chi connectivity index (χ0) is 15.3. The standard InChI is InChI=1S/C14H23N3O2S/c1-6-12-15-10(9-20-12)7-13(19)17(5)8-11(18)16-14(2,3)4/h9H,6-8H2,1-5H3,(H,16,18). The van der Waals surface area contributed by atoms with Crippen molar-refractivity contribution in [3.63, 3.8) is 0 Å². The maximum Gasteiger partial charge on any atom is 0.240 e. The highest BCUT2D eigenvalue weighted by Gasteiger charge is 2.18. The molecule has 1 aromatic rings. The second-order valence-corrected chi connectivity index (χ2v) is 6.75. The van der Waals surface area contributed by atoms with Crippen molar-refractivity contribution in [3.8, 4) is 0 Å². The number of aryl methyl sites for hydroxylation is 1. The van der Waals surface area contributed by atoms with Gasteiger partial charge in [0.25, 0.3) is 0 Å². The first kappa shape index (κ1) is 16.6. The van der Waals surface area contributed by atoms with Crippen LogP contribution in [0.4, 0.5) is 0 Å². The summed E-state index contributed by atoms with van der Waals surface area (Å²) >= 11 is 1.56. The monoisotopic (exact) mass is 297 g/mol. The molecule has 1 N–H and O–H groups in total. The normalized spacial score (nSPS) is 11.2. The van der Waals surface area contributed by atoms with Gasteiger partial charge in [0.15, 0.2) is 0 Å². The second-order valence-electron chi connectivity index (χ2n) is 5.81. The van der Waals surface area contributed by atoms with E-state index in [-0.39, 0.29) is 30.3 Å². The topological polar surface area (TPSA) is 62.3 Å². The van der Waals surface area contributed by atoms with Gasteiger partial charge in [-0.05, 0) is 27.2 Å². The Kier molecular flexibility index (Phi) is 5.68. The predicted octanol–water partition coefficient (Wildman–Crippen LogP) is 1.62. The summed E-state index contributed by atoms with van der Waals surface area (Å²) in [7, 11) is 1.64. The molecule has 0 unspecified atom stereocenters. The lowest BCUT2D eigenvalue weighted by atomic mass is 10.1. The van der Waals surface area contributed by atoms with Crippen LogP contribution in [0.5, 0.6) is 0 Å². The lowest BCUT2D eigenvalue weighted by molar-refractivity contribution is -0.134. The molecular weight excluding hydrogens is 274 g/mol. The molecular formula is C14H23N3O2S. The number of hydrogen-bond acceptors (Lipinski definition) is 4. The van der Waals surface area contributed by atoms with E-state index in [1.807, 2.05) is 33.1 Å². The minimum atomic E-state index is -0.286. The van der Waals surface area contributed by atoms with Crippen molar-refractivity contribution in [2.75, 3.05) is 13.6 Å². The molecule has 0 atom stereocenters. The van der Waals surface area contributed by atoms with E-state index < -0.39 is 0 Å². The summed E-state index contributed by atoms with van der Waals surface area (Å²) in [6.45, 7) is 7.84. The number of carbonyl (C=O) groups excluding carboxylic acids is 2. The molecule has 0 bridgehead atoms. The van der Waals surface area contributed by atoms with Crippen LogP contribution in [0, 0.1) is 0 Å². The first-order chi connectivity index (χ1) is 9.21. The third-order valence-electron chi connectivity index (χ3n) is 2.56. The van der Waals surface area contributed by atoms with Crippen LogP contribution < -0.4 is 5.32 Å². The van der Waals surface area contributed by atoms with Gasteiger partial charge in [0.1, 0.15) is 0 Å². The summed E-state index contributed by atoms with van der Waals surface area (Å²) < 4.78 is 0. The van der Waals surface area contributed by atoms with Crippen molar-refractivity contribution in [2.24, 2.45) is 0 Å². The van der Waals surface area contributed by atoms with Crippen molar-refractivity contribution in [2.45, 2.75) is 46.1 Å². The SMILES string of the molecule is CCc1nc(CC(=O)N(C)CC(=O)NC(C)(C)C)cs1. The van der Waals surface area contributed by atoms with Crippen LogP contribution in [0.3, 0.4) is 0 Å². The van der Waals surface area contributed by atoms with E-state index in [9.17, 15) is 9.59 Å². The number of hydrogen-bond donors (Lipinski definition) is 1. The highest BCUT2D eigenvalue weighted by atomic mass is 32.1. The van der Waals surface area contributed by atoms with Gasteiger partial charge in [-0.2, -0.15) is 0 Å². The molecule has 112 valence electrons. The van der Waals surface area contributed by atoms with Crippen LogP contribution in [0.2, 0.25) is 0 Å². The molecule has 2 amide bonds. The van der Waals surface area contributed by atoms with Crippen molar-refractivity contribution < 1.29 is 9.59 Å². The average molecular weight is 297 g/mol. The van der Waals surface area contributed by atoms with E-state index in [4.69, 9.17) is 0 Å². The van der Waals surface area contributed by atoms with E-state index in [0.717, 1.165) is 17.1 Å². The van der Waals surface area contributed by atoms with Gasteiger partial charge in [-0.25, -0.2) is 4.98 Å². The number of rotatable bonds is 5. The molecule has 0 spiro atoms. The minimum Gasteiger partial charge on any atom is -0.350 e.